The molecule has 24 heavy (non-hydrogen) atoms. The van der Waals surface area contributed by atoms with Crippen LogP contribution < -0.4 is 10.6 Å². The molecule has 5 heteroatoms. The molecule has 3 atom stereocenters. The van der Waals surface area contributed by atoms with Gasteiger partial charge in [-0.1, -0.05) is 43.2 Å². The number of rotatable bonds is 2. The van der Waals surface area contributed by atoms with Gasteiger partial charge in [0.05, 0.1) is 6.04 Å². The average Bonchev–Trinajstić information content (AvgIpc) is 3.05. The van der Waals surface area contributed by atoms with Crippen LogP contribution >= 0.6 is 0 Å². The quantitative estimate of drug-likeness (QED) is 0.878. The Bertz CT molecular complexity index is 656. The van der Waals surface area contributed by atoms with E-state index in [0.717, 1.165) is 18.7 Å². The first-order valence-electron chi connectivity index (χ1n) is 8.84. The van der Waals surface area contributed by atoms with Crippen LogP contribution in [0.4, 0.5) is 4.79 Å². The first-order valence-corrected chi connectivity index (χ1v) is 8.84. The van der Waals surface area contributed by atoms with Crippen LogP contribution in [0, 0.1) is 11.8 Å². The zero-order chi connectivity index (χ0) is 16.5. The highest BCUT2D eigenvalue weighted by atomic mass is 16.2. The minimum atomic E-state index is -0.314. The van der Waals surface area contributed by atoms with Gasteiger partial charge in [0, 0.05) is 13.1 Å². The molecule has 0 bridgehead atoms. The van der Waals surface area contributed by atoms with Crippen molar-refractivity contribution < 1.29 is 9.59 Å². The van der Waals surface area contributed by atoms with E-state index >= 15 is 0 Å². The highest BCUT2D eigenvalue weighted by Gasteiger charge is 2.38. The molecule has 5 nitrogen and oxygen atoms in total. The lowest BCUT2D eigenvalue weighted by Gasteiger charge is -2.26. The third kappa shape index (κ3) is 2.90. The van der Waals surface area contributed by atoms with Crippen molar-refractivity contribution in [3.05, 3.63) is 47.7 Å². The summed E-state index contributed by atoms with van der Waals surface area (Å²) in [6.07, 6.45) is 6.86. The zero-order valence-electron chi connectivity index (χ0n) is 13.7. The van der Waals surface area contributed by atoms with Gasteiger partial charge in [-0.2, -0.15) is 0 Å². The Hall–Kier alpha value is -2.30. The summed E-state index contributed by atoms with van der Waals surface area (Å²) < 4.78 is 0. The second-order valence-electron chi connectivity index (χ2n) is 7.08. The Kier molecular flexibility index (Phi) is 4.00. The third-order valence-electron chi connectivity index (χ3n) is 5.52. The van der Waals surface area contributed by atoms with Crippen LogP contribution in [0.3, 0.4) is 0 Å². The van der Waals surface area contributed by atoms with E-state index in [1.807, 2.05) is 41.3 Å². The highest BCUT2D eigenvalue weighted by Crippen LogP contribution is 2.36. The van der Waals surface area contributed by atoms with Crippen molar-refractivity contribution in [1.29, 1.82) is 0 Å². The predicted molar refractivity (Wildman–Crippen MR) is 91.0 cm³/mol. The smallest absolute Gasteiger partial charge is 0.320 e. The van der Waals surface area contributed by atoms with Crippen LogP contribution in [0.2, 0.25) is 0 Å². The molecule has 1 aromatic carbocycles. The lowest BCUT2D eigenvalue weighted by atomic mass is 9.82. The maximum atomic E-state index is 12.9. The van der Waals surface area contributed by atoms with Crippen LogP contribution in [0.15, 0.2) is 42.1 Å². The standard InChI is InChI=1S/C19H23N3O2/c23-18(22-11-14-8-4-5-9-15(14)12-22)17-10-16(20-19(24)21-17)13-6-2-1-3-7-13/h1-3,6-7,10,14-16H,4-5,8-9,11-12H2,(H2,20,21,24)/t14-,15+,16?. The number of benzene rings is 1. The van der Waals surface area contributed by atoms with E-state index in [-0.39, 0.29) is 18.0 Å². The Morgan fingerprint density at radius 2 is 1.71 bits per heavy atom. The molecule has 2 fully saturated rings. The number of hydrogen-bond acceptors (Lipinski definition) is 2. The van der Waals surface area contributed by atoms with Gasteiger partial charge in [-0.25, -0.2) is 4.79 Å². The van der Waals surface area contributed by atoms with Gasteiger partial charge >= 0.3 is 6.03 Å². The van der Waals surface area contributed by atoms with Crippen molar-refractivity contribution in [3.63, 3.8) is 0 Å². The Morgan fingerprint density at radius 3 is 2.38 bits per heavy atom. The van der Waals surface area contributed by atoms with Gasteiger partial charge in [-0.3, -0.25) is 4.79 Å². The summed E-state index contributed by atoms with van der Waals surface area (Å²) >= 11 is 0. The van der Waals surface area contributed by atoms with Gasteiger partial charge in [0.2, 0.25) is 0 Å². The fourth-order valence-electron chi connectivity index (χ4n) is 4.26. The van der Waals surface area contributed by atoms with Gasteiger partial charge in [-0.15, -0.1) is 0 Å². The normalized spacial score (nSPS) is 29.3. The van der Waals surface area contributed by atoms with E-state index in [2.05, 4.69) is 10.6 Å². The summed E-state index contributed by atoms with van der Waals surface area (Å²) in [5, 5.41) is 5.55. The van der Waals surface area contributed by atoms with Crippen LogP contribution in [0.25, 0.3) is 0 Å². The number of nitrogens with zero attached hydrogens (tertiary/aromatic N) is 1. The molecule has 2 aliphatic heterocycles. The molecule has 2 heterocycles. The molecular formula is C19H23N3O2. The van der Waals surface area contributed by atoms with Gasteiger partial charge in [0.25, 0.3) is 5.91 Å². The number of carbonyl (C=O) groups is 2. The van der Waals surface area contributed by atoms with E-state index in [1.54, 1.807) is 0 Å². The molecular weight excluding hydrogens is 302 g/mol. The molecule has 3 aliphatic rings. The van der Waals surface area contributed by atoms with Crippen molar-refractivity contribution in [1.82, 2.24) is 15.5 Å². The van der Waals surface area contributed by atoms with Gasteiger partial charge in [0.1, 0.15) is 5.70 Å². The molecule has 4 rings (SSSR count). The van der Waals surface area contributed by atoms with Crippen LogP contribution in [-0.4, -0.2) is 29.9 Å². The van der Waals surface area contributed by atoms with Crippen molar-refractivity contribution in [3.8, 4) is 0 Å². The molecule has 126 valence electrons. The van der Waals surface area contributed by atoms with Crippen molar-refractivity contribution >= 4 is 11.9 Å². The molecule has 1 unspecified atom stereocenters. The van der Waals surface area contributed by atoms with Crippen molar-refractivity contribution in [2.24, 2.45) is 11.8 Å². The molecule has 1 aliphatic carbocycles. The highest BCUT2D eigenvalue weighted by molar-refractivity contribution is 5.98. The number of amides is 3. The zero-order valence-corrected chi connectivity index (χ0v) is 13.7. The van der Waals surface area contributed by atoms with E-state index in [0.29, 0.717) is 17.5 Å². The fraction of sp³-hybridized carbons (Fsp3) is 0.474. The summed E-state index contributed by atoms with van der Waals surface area (Å²) in [7, 11) is 0. The molecule has 3 amide bonds. The molecule has 0 spiro atoms. The third-order valence-corrected chi connectivity index (χ3v) is 5.52. The average molecular weight is 325 g/mol. The summed E-state index contributed by atoms with van der Waals surface area (Å²) in [5.74, 6) is 1.25. The van der Waals surface area contributed by atoms with Gasteiger partial charge in [0.15, 0.2) is 0 Å². The van der Waals surface area contributed by atoms with Gasteiger partial charge < -0.3 is 15.5 Å². The molecule has 0 radical (unpaired) electrons. The first-order chi connectivity index (χ1) is 11.7. The lowest BCUT2D eigenvalue weighted by Crippen LogP contribution is -2.46. The number of urea groups is 1. The van der Waals surface area contributed by atoms with E-state index < -0.39 is 0 Å². The minimum Gasteiger partial charge on any atom is -0.337 e. The summed E-state index contributed by atoms with van der Waals surface area (Å²) in [6.45, 7) is 1.67. The summed E-state index contributed by atoms with van der Waals surface area (Å²) in [5.41, 5.74) is 1.39. The van der Waals surface area contributed by atoms with Crippen LogP contribution in [0.1, 0.15) is 37.3 Å². The fourth-order valence-corrected chi connectivity index (χ4v) is 4.26. The maximum Gasteiger partial charge on any atom is 0.320 e. The molecule has 2 N–H and O–H groups in total. The number of likely N-dealkylation sites (tertiary alicyclic amines) is 1. The Labute approximate surface area is 142 Å². The van der Waals surface area contributed by atoms with Crippen LogP contribution in [-0.2, 0) is 4.79 Å². The Morgan fingerprint density at radius 1 is 1.04 bits per heavy atom. The van der Waals surface area contributed by atoms with E-state index in [1.165, 1.54) is 25.7 Å². The Balaban J connectivity index is 1.53. The second kappa shape index (κ2) is 6.30. The van der Waals surface area contributed by atoms with E-state index in [9.17, 15) is 9.59 Å². The second-order valence-corrected chi connectivity index (χ2v) is 7.08. The van der Waals surface area contributed by atoms with Gasteiger partial charge in [-0.05, 0) is 36.3 Å². The first kappa shape index (κ1) is 15.2. The predicted octanol–water partition coefficient (Wildman–Crippen LogP) is 2.57. The number of nitrogens with one attached hydrogen (secondary N) is 2. The molecule has 0 aromatic heterocycles. The van der Waals surface area contributed by atoms with Crippen LogP contribution in [0.5, 0.6) is 0 Å². The van der Waals surface area contributed by atoms with Crippen molar-refractivity contribution in [2.45, 2.75) is 31.7 Å². The summed E-state index contributed by atoms with van der Waals surface area (Å²) in [4.78, 5) is 26.8. The number of carbonyl (C=O) groups excluding carboxylic acids is 2. The number of hydrogen-bond donors (Lipinski definition) is 2. The van der Waals surface area contributed by atoms with E-state index in [4.69, 9.17) is 0 Å². The molecule has 1 aromatic rings. The monoisotopic (exact) mass is 325 g/mol. The number of fused-ring (bicyclic) bond motifs is 1. The minimum absolute atomic E-state index is 0.0415. The topological polar surface area (TPSA) is 61.4 Å². The largest absolute Gasteiger partial charge is 0.337 e. The summed E-state index contributed by atoms with van der Waals surface area (Å²) in [6, 6.07) is 9.15. The lowest BCUT2D eigenvalue weighted by molar-refractivity contribution is -0.126. The maximum absolute atomic E-state index is 12.9. The SMILES string of the molecule is O=C1NC(C(=O)N2C[C@H]3CCCC[C@H]3C2)=CC(c2ccccc2)N1. The van der Waals surface area contributed by atoms with Crippen molar-refractivity contribution in [2.75, 3.05) is 13.1 Å². The molecule has 1 saturated heterocycles. The molecule has 1 saturated carbocycles.